The van der Waals surface area contributed by atoms with Crippen molar-refractivity contribution in [3.8, 4) is 5.75 Å². The van der Waals surface area contributed by atoms with Crippen LogP contribution >= 0.6 is 11.6 Å². The van der Waals surface area contributed by atoms with Crippen LogP contribution in [-0.2, 0) is 9.53 Å². The highest BCUT2D eigenvalue weighted by Crippen LogP contribution is 2.26. The van der Waals surface area contributed by atoms with Crippen molar-refractivity contribution in [1.29, 1.82) is 0 Å². The van der Waals surface area contributed by atoms with Crippen molar-refractivity contribution in [2.75, 3.05) is 20.3 Å². The molecule has 0 saturated carbocycles. The fourth-order valence-corrected chi connectivity index (χ4v) is 1.54. The highest BCUT2D eigenvalue weighted by atomic mass is 35.5. The van der Waals surface area contributed by atoms with Crippen LogP contribution in [0.3, 0.4) is 0 Å². The fourth-order valence-electron chi connectivity index (χ4n) is 1.36. The van der Waals surface area contributed by atoms with E-state index in [4.69, 9.17) is 21.4 Å². The zero-order valence-electron chi connectivity index (χ0n) is 9.31. The van der Waals surface area contributed by atoms with E-state index >= 15 is 0 Å². The lowest BCUT2D eigenvalue weighted by Crippen LogP contribution is -2.31. The second-order valence-electron chi connectivity index (χ2n) is 3.43. The van der Waals surface area contributed by atoms with Crippen LogP contribution < -0.4 is 5.32 Å². The molecule has 1 atom stereocenters. The van der Waals surface area contributed by atoms with E-state index in [2.05, 4.69) is 5.32 Å². The van der Waals surface area contributed by atoms with Crippen molar-refractivity contribution in [1.82, 2.24) is 5.32 Å². The number of hydrogen-bond donors (Lipinski definition) is 3. The van der Waals surface area contributed by atoms with E-state index in [0.717, 1.165) is 0 Å². The van der Waals surface area contributed by atoms with Gasteiger partial charge in [0.25, 0.3) is 0 Å². The van der Waals surface area contributed by atoms with Gasteiger partial charge in [0.2, 0.25) is 0 Å². The minimum absolute atomic E-state index is 0.0727. The number of aliphatic carboxylic acids is 1. The maximum Gasteiger partial charge on any atom is 0.325 e. The summed E-state index contributed by atoms with van der Waals surface area (Å²) in [5, 5.41) is 21.3. The van der Waals surface area contributed by atoms with E-state index in [-0.39, 0.29) is 10.8 Å². The SMILES string of the molecule is COCCNC(C(=O)O)c1ccc(O)c(Cl)c1. The summed E-state index contributed by atoms with van der Waals surface area (Å²) in [7, 11) is 1.54. The predicted octanol–water partition coefficient (Wildman–Crippen LogP) is 1.41. The quantitative estimate of drug-likeness (QED) is 0.673. The van der Waals surface area contributed by atoms with Gasteiger partial charge < -0.3 is 14.9 Å². The zero-order chi connectivity index (χ0) is 12.8. The van der Waals surface area contributed by atoms with Crippen LogP contribution in [0.5, 0.6) is 5.75 Å². The molecule has 3 N–H and O–H groups in total. The summed E-state index contributed by atoms with van der Waals surface area (Å²) < 4.78 is 4.83. The number of carboxylic acid groups (broad SMARTS) is 1. The molecule has 0 amide bonds. The summed E-state index contributed by atoms with van der Waals surface area (Å²) in [4.78, 5) is 11.1. The zero-order valence-corrected chi connectivity index (χ0v) is 10.1. The number of rotatable bonds is 6. The lowest BCUT2D eigenvalue weighted by Gasteiger charge is -2.15. The van der Waals surface area contributed by atoms with Crippen LogP contribution in [0.2, 0.25) is 5.02 Å². The van der Waals surface area contributed by atoms with Crippen molar-refractivity contribution in [2.45, 2.75) is 6.04 Å². The second kappa shape index (κ2) is 6.44. The first kappa shape index (κ1) is 13.8. The van der Waals surface area contributed by atoms with Gasteiger partial charge in [-0.15, -0.1) is 0 Å². The number of phenolic OH excluding ortho intramolecular Hbond substituents is 1. The van der Waals surface area contributed by atoms with Gasteiger partial charge in [0.15, 0.2) is 0 Å². The average Bonchev–Trinajstić information content (AvgIpc) is 2.28. The molecule has 0 aliphatic rings. The Morgan fingerprint density at radius 3 is 2.82 bits per heavy atom. The van der Waals surface area contributed by atoms with Gasteiger partial charge in [0.05, 0.1) is 11.6 Å². The van der Waals surface area contributed by atoms with Crippen molar-refractivity contribution < 1.29 is 19.7 Å². The summed E-state index contributed by atoms with van der Waals surface area (Å²) in [6.07, 6.45) is 0. The smallest absolute Gasteiger partial charge is 0.325 e. The third-order valence-electron chi connectivity index (χ3n) is 2.21. The number of methoxy groups -OCH3 is 1. The number of ether oxygens (including phenoxy) is 1. The third kappa shape index (κ3) is 3.89. The van der Waals surface area contributed by atoms with Crippen LogP contribution in [0.15, 0.2) is 18.2 Å². The molecule has 0 radical (unpaired) electrons. The molecule has 6 heteroatoms. The first-order valence-electron chi connectivity index (χ1n) is 4.99. The minimum atomic E-state index is -1.01. The van der Waals surface area contributed by atoms with Crippen LogP contribution in [0.1, 0.15) is 11.6 Å². The first-order valence-corrected chi connectivity index (χ1v) is 5.37. The van der Waals surface area contributed by atoms with Gasteiger partial charge in [-0.25, -0.2) is 0 Å². The van der Waals surface area contributed by atoms with Crippen LogP contribution in [0, 0.1) is 0 Å². The van der Waals surface area contributed by atoms with Crippen molar-refractivity contribution in [3.63, 3.8) is 0 Å². The van der Waals surface area contributed by atoms with Crippen molar-refractivity contribution in [2.24, 2.45) is 0 Å². The van der Waals surface area contributed by atoms with Crippen LogP contribution in [-0.4, -0.2) is 36.4 Å². The van der Waals surface area contributed by atoms with Crippen molar-refractivity contribution >= 4 is 17.6 Å². The van der Waals surface area contributed by atoms with E-state index in [9.17, 15) is 9.90 Å². The molecule has 5 nitrogen and oxygen atoms in total. The molecule has 1 aromatic rings. The van der Waals surface area contributed by atoms with Gasteiger partial charge in [-0.1, -0.05) is 17.7 Å². The molecule has 0 spiro atoms. The molecule has 0 bridgehead atoms. The van der Waals surface area contributed by atoms with Crippen LogP contribution in [0.4, 0.5) is 0 Å². The van der Waals surface area contributed by atoms with Gasteiger partial charge in [0, 0.05) is 13.7 Å². The highest BCUT2D eigenvalue weighted by Gasteiger charge is 2.19. The Morgan fingerprint density at radius 2 is 2.29 bits per heavy atom. The maximum absolute atomic E-state index is 11.1. The van der Waals surface area contributed by atoms with E-state index in [1.165, 1.54) is 25.3 Å². The normalized spacial score (nSPS) is 12.4. The molecule has 94 valence electrons. The van der Waals surface area contributed by atoms with Gasteiger partial charge >= 0.3 is 5.97 Å². The maximum atomic E-state index is 11.1. The number of phenols is 1. The van der Waals surface area contributed by atoms with E-state index in [0.29, 0.717) is 18.7 Å². The molecule has 1 unspecified atom stereocenters. The summed E-state index contributed by atoms with van der Waals surface area (Å²) in [6, 6.07) is 3.43. The topological polar surface area (TPSA) is 78.8 Å². The number of carbonyl (C=O) groups is 1. The minimum Gasteiger partial charge on any atom is -0.506 e. The van der Waals surface area contributed by atoms with Gasteiger partial charge in [-0.3, -0.25) is 10.1 Å². The second-order valence-corrected chi connectivity index (χ2v) is 3.84. The van der Waals surface area contributed by atoms with Gasteiger partial charge in [-0.05, 0) is 17.7 Å². The Balaban J connectivity index is 2.82. The highest BCUT2D eigenvalue weighted by molar-refractivity contribution is 6.32. The van der Waals surface area contributed by atoms with Gasteiger partial charge in [0.1, 0.15) is 11.8 Å². The molecule has 0 fully saturated rings. The summed E-state index contributed by atoms with van der Waals surface area (Å²) in [5.74, 6) is -1.08. The molecule has 0 aliphatic carbocycles. The Labute approximate surface area is 104 Å². The predicted molar refractivity (Wildman–Crippen MR) is 63.4 cm³/mol. The summed E-state index contributed by atoms with van der Waals surface area (Å²) >= 11 is 5.73. The molecule has 0 heterocycles. The Hall–Kier alpha value is -1.30. The average molecular weight is 260 g/mol. The lowest BCUT2D eigenvalue weighted by molar-refractivity contribution is -0.139. The van der Waals surface area contributed by atoms with E-state index in [1.807, 2.05) is 0 Å². The third-order valence-corrected chi connectivity index (χ3v) is 2.51. The molecule has 17 heavy (non-hydrogen) atoms. The molecule has 0 aliphatic heterocycles. The number of benzene rings is 1. The molecule has 1 rings (SSSR count). The number of nitrogens with one attached hydrogen (secondary N) is 1. The summed E-state index contributed by atoms with van der Waals surface area (Å²) in [5.41, 5.74) is 0.483. The standard InChI is InChI=1S/C11H14ClNO4/c1-17-5-4-13-10(11(15)16)7-2-3-9(14)8(12)6-7/h2-3,6,10,13-14H,4-5H2,1H3,(H,15,16). The van der Waals surface area contributed by atoms with Crippen molar-refractivity contribution in [3.05, 3.63) is 28.8 Å². The monoisotopic (exact) mass is 259 g/mol. The molecular weight excluding hydrogens is 246 g/mol. The Morgan fingerprint density at radius 1 is 1.59 bits per heavy atom. The summed E-state index contributed by atoms with van der Waals surface area (Å²) in [6.45, 7) is 0.821. The fraction of sp³-hybridized carbons (Fsp3) is 0.364. The number of hydrogen-bond acceptors (Lipinski definition) is 4. The number of aromatic hydroxyl groups is 1. The van der Waals surface area contributed by atoms with E-state index in [1.54, 1.807) is 0 Å². The Kier molecular flexibility index (Phi) is 5.21. The van der Waals surface area contributed by atoms with Crippen LogP contribution in [0.25, 0.3) is 0 Å². The number of halogens is 1. The molecule has 0 saturated heterocycles. The van der Waals surface area contributed by atoms with Gasteiger partial charge in [-0.2, -0.15) is 0 Å². The molecule has 0 aromatic heterocycles. The van der Waals surface area contributed by atoms with E-state index < -0.39 is 12.0 Å². The number of carboxylic acids is 1. The molecular formula is C11H14ClNO4. The largest absolute Gasteiger partial charge is 0.506 e. The first-order chi connectivity index (χ1) is 8.06. The molecule has 1 aromatic carbocycles. The Bertz CT molecular complexity index is 397. The lowest BCUT2D eigenvalue weighted by atomic mass is 10.1.